The van der Waals surface area contributed by atoms with E-state index in [9.17, 15) is 9.90 Å². The summed E-state index contributed by atoms with van der Waals surface area (Å²) in [7, 11) is 1.26. The van der Waals surface area contributed by atoms with Crippen molar-refractivity contribution in [3.8, 4) is 5.75 Å². The summed E-state index contributed by atoms with van der Waals surface area (Å²) >= 11 is 0. The lowest BCUT2D eigenvalue weighted by atomic mass is 10.1. The lowest BCUT2D eigenvalue weighted by Crippen LogP contribution is -2.02. The maximum atomic E-state index is 11.1. The van der Waals surface area contributed by atoms with Crippen molar-refractivity contribution in [1.29, 1.82) is 0 Å². The zero-order valence-electron chi connectivity index (χ0n) is 8.39. The largest absolute Gasteiger partial charge is 0.507 e. The molecule has 0 aliphatic heterocycles. The summed E-state index contributed by atoms with van der Waals surface area (Å²) in [6.07, 6.45) is 0. The Morgan fingerprint density at radius 1 is 1.47 bits per heavy atom. The first kappa shape index (κ1) is 11.0. The monoisotopic (exact) mass is 209 g/mol. The Kier molecular flexibility index (Phi) is 3.28. The van der Waals surface area contributed by atoms with Gasteiger partial charge in [-0.05, 0) is 25.1 Å². The zero-order chi connectivity index (χ0) is 11.4. The smallest absolute Gasteiger partial charge is 0.337 e. The molecule has 0 amide bonds. The van der Waals surface area contributed by atoms with Crippen molar-refractivity contribution < 1.29 is 19.8 Å². The number of carbonyl (C=O) groups is 1. The number of rotatable bonds is 2. The Morgan fingerprint density at radius 2 is 2.13 bits per heavy atom. The number of hydrogen-bond donors (Lipinski definition) is 2. The minimum atomic E-state index is -0.532. The van der Waals surface area contributed by atoms with Gasteiger partial charge in [0.15, 0.2) is 0 Å². The molecule has 0 aromatic heterocycles. The van der Waals surface area contributed by atoms with Crippen molar-refractivity contribution in [3.63, 3.8) is 0 Å². The van der Waals surface area contributed by atoms with Crippen LogP contribution in [0.15, 0.2) is 23.4 Å². The first-order valence-corrected chi connectivity index (χ1v) is 4.20. The van der Waals surface area contributed by atoms with Crippen LogP contribution < -0.4 is 0 Å². The molecular formula is C10H11NO4. The summed E-state index contributed by atoms with van der Waals surface area (Å²) in [4.78, 5) is 11.1. The molecule has 1 aromatic carbocycles. The molecule has 0 aliphatic carbocycles. The molecule has 0 atom stereocenters. The number of carbonyl (C=O) groups excluding carboxylic acids is 1. The van der Waals surface area contributed by atoms with Crippen LogP contribution in [-0.4, -0.2) is 29.1 Å². The highest BCUT2D eigenvalue weighted by molar-refractivity contribution is 6.01. The number of phenolic OH excluding ortho intramolecular Hbond substituents is 1. The molecule has 80 valence electrons. The second kappa shape index (κ2) is 4.45. The molecular weight excluding hydrogens is 198 g/mol. The maximum Gasteiger partial charge on any atom is 0.337 e. The second-order valence-corrected chi connectivity index (χ2v) is 2.91. The molecule has 1 aromatic rings. The number of nitrogens with zero attached hydrogens (tertiary/aromatic N) is 1. The van der Waals surface area contributed by atoms with Crippen LogP contribution in [0.25, 0.3) is 0 Å². The molecule has 0 aliphatic rings. The molecule has 5 heteroatoms. The quantitative estimate of drug-likeness (QED) is 0.334. The number of aromatic hydroxyl groups is 1. The van der Waals surface area contributed by atoms with Crippen LogP contribution in [0, 0.1) is 0 Å². The van der Waals surface area contributed by atoms with Crippen LogP contribution in [0.2, 0.25) is 0 Å². The highest BCUT2D eigenvalue weighted by Gasteiger charge is 2.10. The van der Waals surface area contributed by atoms with Gasteiger partial charge in [-0.2, -0.15) is 0 Å². The summed E-state index contributed by atoms with van der Waals surface area (Å²) in [5.41, 5.74) is 0.874. The van der Waals surface area contributed by atoms with Crippen molar-refractivity contribution in [1.82, 2.24) is 0 Å². The van der Waals surface area contributed by atoms with Gasteiger partial charge in [0.25, 0.3) is 0 Å². The molecule has 0 unspecified atom stereocenters. The molecule has 0 fully saturated rings. The molecule has 0 spiro atoms. The zero-order valence-corrected chi connectivity index (χ0v) is 8.39. The van der Waals surface area contributed by atoms with Crippen LogP contribution in [0.5, 0.6) is 5.75 Å². The number of methoxy groups -OCH3 is 1. The van der Waals surface area contributed by atoms with Gasteiger partial charge in [-0.15, -0.1) is 0 Å². The van der Waals surface area contributed by atoms with Gasteiger partial charge in [-0.1, -0.05) is 5.16 Å². The van der Waals surface area contributed by atoms with Gasteiger partial charge in [-0.25, -0.2) is 4.79 Å². The normalized spacial score (nSPS) is 11.2. The Balaban J connectivity index is 3.14. The number of esters is 1. The average molecular weight is 209 g/mol. The molecule has 0 radical (unpaired) electrons. The SMILES string of the molecule is COC(=O)c1ccc(/C(C)=N/O)c(O)c1. The van der Waals surface area contributed by atoms with Gasteiger partial charge >= 0.3 is 5.97 Å². The molecule has 0 bridgehead atoms. The highest BCUT2D eigenvalue weighted by Crippen LogP contribution is 2.20. The summed E-state index contributed by atoms with van der Waals surface area (Å²) in [6.45, 7) is 1.53. The first-order valence-electron chi connectivity index (χ1n) is 4.20. The summed E-state index contributed by atoms with van der Waals surface area (Å²) in [5, 5.41) is 21.0. The minimum absolute atomic E-state index is 0.131. The van der Waals surface area contributed by atoms with Gasteiger partial charge in [-0.3, -0.25) is 0 Å². The van der Waals surface area contributed by atoms with E-state index in [0.717, 1.165) is 0 Å². The van der Waals surface area contributed by atoms with Gasteiger partial charge in [0.2, 0.25) is 0 Å². The maximum absolute atomic E-state index is 11.1. The van der Waals surface area contributed by atoms with Crippen LogP contribution in [0.4, 0.5) is 0 Å². The van der Waals surface area contributed by atoms with E-state index in [1.165, 1.54) is 32.2 Å². The fraction of sp³-hybridized carbons (Fsp3) is 0.200. The van der Waals surface area contributed by atoms with Crippen LogP contribution in [0.1, 0.15) is 22.8 Å². The molecule has 15 heavy (non-hydrogen) atoms. The average Bonchev–Trinajstić information content (AvgIpc) is 2.26. The summed E-state index contributed by atoms with van der Waals surface area (Å²) in [5.74, 6) is -0.663. The first-order chi connectivity index (χ1) is 7.10. The highest BCUT2D eigenvalue weighted by atomic mass is 16.5. The standard InChI is InChI=1S/C10H11NO4/c1-6(11-14)8-4-3-7(5-9(8)12)10(13)15-2/h3-5,12,14H,1-2H3/b11-6+. The lowest BCUT2D eigenvalue weighted by Gasteiger charge is -2.04. The number of hydrogen-bond acceptors (Lipinski definition) is 5. The predicted molar refractivity (Wildman–Crippen MR) is 53.4 cm³/mol. The molecule has 1 rings (SSSR count). The van der Waals surface area contributed by atoms with Gasteiger partial charge in [0.1, 0.15) is 5.75 Å². The Hall–Kier alpha value is -2.04. The van der Waals surface area contributed by atoms with Crippen molar-refractivity contribution >= 4 is 11.7 Å². The van der Waals surface area contributed by atoms with Crippen molar-refractivity contribution in [2.75, 3.05) is 7.11 Å². The van der Waals surface area contributed by atoms with E-state index in [1.54, 1.807) is 0 Å². The fourth-order valence-electron chi connectivity index (χ4n) is 1.14. The summed E-state index contributed by atoms with van der Waals surface area (Å²) < 4.78 is 4.49. The van der Waals surface area contributed by atoms with E-state index >= 15 is 0 Å². The Morgan fingerprint density at radius 3 is 2.60 bits per heavy atom. The molecule has 5 nitrogen and oxygen atoms in total. The molecule has 0 saturated carbocycles. The van der Waals surface area contributed by atoms with Crippen molar-refractivity contribution in [2.45, 2.75) is 6.92 Å². The molecule has 2 N–H and O–H groups in total. The second-order valence-electron chi connectivity index (χ2n) is 2.91. The van der Waals surface area contributed by atoms with E-state index in [4.69, 9.17) is 5.21 Å². The summed E-state index contributed by atoms with van der Waals surface area (Å²) in [6, 6.07) is 4.22. The molecule has 0 saturated heterocycles. The van der Waals surface area contributed by atoms with Crippen LogP contribution in [0.3, 0.4) is 0 Å². The van der Waals surface area contributed by atoms with Gasteiger partial charge in [0.05, 0.1) is 18.4 Å². The third kappa shape index (κ3) is 2.25. The van der Waals surface area contributed by atoms with E-state index in [0.29, 0.717) is 5.56 Å². The van der Waals surface area contributed by atoms with Gasteiger partial charge in [0, 0.05) is 5.56 Å². The number of benzene rings is 1. The topological polar surface area (TPSA) is 79.1 Å². The van der Waals surface area contributed by atoms with E-state index in [1.807, 2.05) is 0 Å². The number of ether oxygens (including phenoxy) is 1. The molecule has 0 heterocycles. The third-order valence-corrected chi connectivity index (χ3v) is 1.96. The van der Waals surface area contributed by atoms with Crippen molar-refractivity contribution in [3.05, 3.63) is 29.3 Å². The van der Waals surface area contributed by atoms with Crippen LogP contribution >= 0.6 is 0 Å². The van der Waals surface area contributed by atoms with Crippen molar-refractivity contribution in [2.24, 2.45) is 5.16 Å². The third-order valence-electron chi connectivity index (χ3n) is 1.96. The number of phenols is 1. The number of oxime groups is 1. The van der Waals surface area contributed by atoms with Crippen LogP contribution in [-0.2, 0) is 4.74 Å². The minimum Gasteiger partial charge on any atom is -0.507 e. The van der Waals surface area contributed by atoms with E-state index in [-0.39, 0.29) is 17.0 Å². The van der Waals surface area contributed by atoms with Gasteiger partial charge < -0.3 is 15.1 Å². The predicted octanol–water partition coefficient (Wildman–Crippen LogP) is 1.38. The lowest BCUT2D eigenvalue weighted by molar-refractivity contribution is 0.0600. The Bertz CT molecular complexity index is 412. The Labute approximate surface area is 86.6 Å². The fourth-order valence-corrected chi connectivity index (χ4v) is 1.14. The van der Waals surface area contributed by atoms with E-state index in [2.05, 4.69) is 9.89 Å². The van der Waals surface area contributed by atoms with E-state index < -0.39 is 5.97 Å².